The summed E-state index contributed by atoms with van der Waals surface area (Å²) >= 11 is 0. The van der Waals surface area contributed by atoms with Gasteiger partial charge in [-0.25, -0.2) is 0 Å². The zero-order chi connectivity index (χ0) is 17.7. The van der Waals surface area contributed by atoms with Crippen molar-refractivity contribution in [2.75, 3.05) is 7.11 Å². The van der Waals surface area contributed by atoms with E-state index in [1.165, 1.54) is 11.1 Å². The molecule has 0 aliphatic heterocycles. The first kappa shape index (κ1) is 17.9. The maximum absolute atomic E-state index is 12.3. The topological polar surface area (TPSA) is 47.6 Å². The van der Waals surface area contributed by atoms with Crippen LogP contribution >= 0.6 is 0 Å². The van der Waals surface area contributed by atoms with Crippen LogP contribution in [0.2, 0.25) is 0 Å². The Labute approximate surface area is 143 Å². The Morgan fingerprint density at radius 2 is 1.58 bits per heavy atom. The lowest BCUT2D eigenvalue weighted by atomic mass is 10.0. The maximum atomic E-state index is 12.3. The van der Waals surface area contributed by atoms with E-state index in [0.717, 1.165) is 11.3 Å². The van der Waals surface area contributed by atoms with Gasteiger partial charge in [0.1, 0.15) is 11.5 Å². The van der Waals surface area contributed by atoms with Crippen molar-refractivity contribution in [3.63, 3.8) is 0 Å². The van der Waals surface area contributed by atoms with Gasteiger partial charge in [-0.05, 0) is 68.7 Å². The molecule has 0 saturated carbocycles. The number of hydrogen-bond donors (Lipinski definition) is 1. The van der Waals surface area contributed by atoms with E-state index in [9.17, 15) is 4.79 Å². The predicted octanol–water partition coefficient (Wildman–Crippen LogP) is 3.96. The first-order valence-electron chi connectivity index (χ1n) is 8.09. The molecule has 0 unspecified atom stereocenters. The lowest BCUT2D eigenvalue weighted by Crippen LogP contribution is -2.37. The first-order valence-corrected chi connectivity index (χ1v) is 8.09. The second-order valence-electron chi connectivity index (χ2n) is 6.01. The van der Waals surface area contributed by atoms with Crippen molar-refractivity contribution in [3.8, 4) is 11.5 Å². The summed E-state index contributed by atoms with van der Waals surface area (Å²) in [6.45, 7) is 7.87. The maximum Gasteiger partial charge on any atom is 0.261 e. The highest BCUT2D eigenvalue weighted by Gasteiger charge is 2.18. The fourth-order valence-corrected chi connectivity index (χ4v) is 2.36. The van der Waals surface area contributed by atoms with Crippen LogP contribution < -0.4 is 14.8 Å². The van der Waals surface area contributed by atoms with Crippen LogP contribution in [0.3, 0.4) is 0 Å². The highest BCUT2D eigenvalue weighted by atomic mass is 16.5. The molecule has 128 valence electrons. The molecule has 0 fully saturated rings. The van der Waals surface area contributed by atoms with E-state index in [-0.39, 0.29) is 11.9 Å². The fraction of sp³-hybridized carbons (Fsp3) is 0.350. The quantitative estimate of drug-likeness (QED) is 0.874. The average molecular weight is 327 g/mol. The number of ether oxygens (including phenoxy) is 2. The van der Waals surface area contributed by atoms with Crippen molar-refractivity contribution in [1.29, 1.82) is 0 Å². The van der Waals surface area contributed by atoms with Crippen molar-refractivity contribution >= 4 is 5.91 Å². The van der Waals surface area contributed by atoms with Gasteiger partial charge in [-0.15, -0.1) is 0 Å². The number of carbonyl (C=O) groups excluding carboxylic acids is 1. The van der Waals surface area contributed by atoms with E-state index in [2.05, 4.69) is 31.3 Å². The molecular weight excluding hydrogens is 302 g/mol. The van der Waals surface area contributed by atoms with Crippen molar-refractivity contribution in [3.05, 3.63) is 59.2 Å². The number of nitrogens with one attached hydrogen (secondary N) is 1. The molecule has 4 nitrogen and oxygen atoms in total. The molecule has 2 aromatic rings. The first-order chi connectivity index (χ1) is 11.4. The second kappa shape index (κ2) is 7.86. The molecule has 1 amide bonds. The molecule has 0 aliphatic carbocycles. The number of rotatable bonds is 6. The van der Waals surface area contributed by atoms with Crippen LogP contribution in [0.1, 0.15) is 36.6 Å². The van der Waals surface area contributed by atoms with Gasteiger partial charge >= 0.3 is 0 Å². The largest absolute Gasteiger partial charge is 0.497 e. The van der Waals surface area contributed by atoms with E-state index >= 15 is 0 Å². The van der Waals surface area contributed by atoms with Crippen LogP contribution in [0, 0.1) is 13.8 Å². The number of hydrogen-bond acceptors (Lipinski definition) is 3. The molecule has 0 spiro atoms. The van der Waals surface area contributed by atoms with E-state index < -0.39 is 6.10 Å². The molecule has 2 aromatic carbocycles. The highest BCUT2D eigenvalue weighted by molar-refractivity contribution is 5.81. The van der Waals surface area contributed by atoms with E-state index in [1.807, 2.05) is 13.0 Å². The lowest BCUT2D eigenvalue weighted by Gasteiger charge is -2.19. The molecule has 0 saturated heterocycles. The number of benzene rings is 2. The Morgan fingerprint density at radius 1 is 0.958 bits per heavy atom. The smallest absolute Gasteiger partial charge is 0.261 e. The van der Waals surface area contributed by atoms with E-state index in [1.54, 1.807) is 38.3 Å². The van der Waals surface area contributed by atoms with Gasteiger partial charge in [0.05, 0.1) is 13.2 Å². The molecule has 24 heavy (non-hydrogen) atoms. The zero-order valence-corrected chi connectivity index (χ0v) is 14.9. The van der Waals surface area contributed by atoms with Gasteiger partial charge in [0.2, 0.25) is 0 Å². The minimum absolute atomic E-state index is 0.0706. The molecule has 0 aromatic heterocycles. The van der Waals surface area contributed by atoms with Crippen LogP contribution in [0.25, 0.3) is 0 Å². The Kier molecular flexibility index (Phi) is 5.85. The van der Waals surface area contributed by atoms with Gasteiger partial charge in [0, 0.05) is 0 Å². The van der Waals surface area contributed by atoms with Crippen molar-refractivity contribution in [2.24, 2.45) is 0 Å². The molecular formula is C20H25NO3. The van der Waals surface area contributed by atoms with Crippen LogP contribution in [-0.4, -0.2) is 19.1 Å². The van der Waals surface area contributed by atoms with Gasteiger partial charge in [-0.3, -0.25) is 4.79 Å². The number of amides is 1. The standard InChI is InChI=1S/C20H25NO3/c1-13-6-7-17(12-14(13)2)15(3)21-20(22)16(4)24-19-10-8-18(23-5)9-11-19/h6-12,15-16H,1-5H3,(H,21,22)/t15-,16-/m1/s1. The van der Waals surface area contributed by atoms with E-state index in [4.69, 9.17) is 9.47 Å². The third kappa shape index (κ3) is 4.51. The number of aryl methyl sites for hydroxylation is 2. The summed E-state index contributed by atoms with van der Waals surface area (Å²) in [6.07, 6.45) is -0.576. The van der Waals surface area contributed by atoms with Crippen molar-refractivity contribution in [1.82, 2.24) is 5.32 Å². The van der Waals surface area contributed by atoms with Gasteiger partial charge < -0.3 is 14.8 Å². The summed E-state index contributed by atoms with van der Waals surface area (Å²) in [7, 11) is 1.61. The predicted molar refractivity (Wildman–Crippen MR) is 95.6 cm³/mol. The lowest BCUT2D eigenvalue weighted by molar-refractivity contribution is -0.127. The van der Waals surface area contributed by atoms with Crippen LogP contribution in [0.4, 0.5) is 0 Å². The van der Waals surface area contributed by atoms with Gasteiger partial charge in [-0.2, -0.15) is 0 Å². The number of methoxy groups -OCH3 is 1. The normalized spacial score (nSPS) is 13.0. The van der Waals surface area contributed by atoms with Crippen LogP contribution in [-0.2, 0) is 4.79 Å². The molecule has 0 radical (unpaired) electrons. The van der Waals surface area contributed by atoms with Gasteiger partial charge in [0.25, 0.3) is 5.91 Å². The molecule has 2 atom stereocenters. The van der Waals surface area contributed by atoms with Crippen LogP contribution in [0.5, 0.6) is 11.5 Å². The molecule has 0 bridgehead atoms. The second-order valence-corrected chi connectivity index (χ2v) is 6.01. The third-order valence-corrected chi connectivity index (χ3v) is 4.13. The Hall–Kier alpha value is -2.49. The Bertz CT molecular complexity index is 695. The molecule has 4 heteroatoms. The zero-order valence-electron chi connectivity index (χ0n) is 14.9. The SMILES string of the molecule is COc1ccc(O[C@H](C)C(=O)N[C@H](C)c2ccc(C)c(C)c2)cc1. The highest BCUT2D eigenvalue weighted by Crippen LogP contribution is 2.19. The molecule has 0 aliphatic rings. The van der Waals surface area contributed by atoms with E-state index in [0.29, 0.717) is 5.75 Å². The summed E-state index contributed by atoms with van der Waals surface area (Å²) in [5, 5.41) is 3.00. The summed E-state index contributed by atoms with van der Waals surface area (Å²) in [5.41, 5.74) is 3.55. The average Bonchev–Trinajstić information content (AvgIpc) is 2.57. The van der Waals surface area contributed by atoms with Crippen molar-refractivity contribution < 1.29 is 14.3 Å². The number of carbonyl (C=O) groups is 1. The molecule has 2 rings (SSSR count). The van der Waals surface area contributed by atoms with Gasteiger partial charge in [0.15, 0.2) is 6.10 Å². The Morgan fingerprint density at radius 3 is 2.17 bits per heavy atom. The molecule has 1 N–H and O–H groups in total. The third-order valence-electron chi connectivity index (χ3n) is 4.13. The van der Waals surface area contributed by atoms with Crippen molar-refractivity contribution in [2.45, 2.75) is 39.8 Å². The summed E-state index contributed by atoms with van der Waals surface area (Å²) in [6, 6.07) is 13.3. The Balaban J connectivity index is 1.95. The fourth-order valence-electron chi connectivity index (χ4n) is 2.36. The minimum Gasteiger partial charge on any atom is -0.497 e. The van der Waals surface area contributed by atoms with Gasteiger partial charge in [-0.1, -0.05) is 18.2 Å². The monoisotopic (exact) mass is 327 g/mol. The summed E-state index contributed by atoms with van der Waals surface area (Å²) < 4.78 is 10.8. The molecule has 0 heterocycles. The minimum atomic E-state index is -0.576. The summed E-state index contributed by atoms with van der Waals surface area (Å²) in [5.74, 6) is 1.25. The van der Waals surface area contributed by atoms with Crippen LogP contribution in [0.15, 0.2) is 42.5 Å². The summed E-state index contributed by atoms with van der Waals surface area (Å²) in [4.78, 5) is 12.3.